The van der Waals surface area contributed by atoms with E-state index >= 15 is 0 Å². The maximum Gasteiger partial charge on any atom is 0.0565 e. The SMILES string of the molecule is C1=CC(c2ccccc2)=CC(N(c2cccc(-c3ccccc3)c2)c2cccc(-c3ccccc3)c2)C1. The summed E-state index contributed by atoms with van der Waals surface area (Å²) in [6.45, 7) is 0. The highest BCUT2D eigenvalue weighted by Crippen LogP contribution is 2.37. The fourth-order valence-corrected chi connectivity index (χ4v) is 5.13. The molecule has 37 heavy (non-hydrogen) atoms. The molecule has 0 amide bonds. The van der Waals surface area contributed by atoms with E-state index in [-0.39, 0.29) is 6.04 Å². The van der Waals surface area contributed by atoms with Crippen LogP contribution in [-0.4, -0.2) is 6.04 Å². The molecule has 1 aliphatic rings. The van der Waals surface area contributed by atoms with Gasteiger partial charge in [0.25, 0.3) is 0 Å². The molecule has 1 heteroatoms. The van der Waals surface area contributed by atoms with Gasteiger partial charge in [0, 0.05) is 11.4 Å². The van der Waals surface area contributed by atoms with Crippen LogP contribution in [0.3, 0.4) is 0 Å². The predicted molar refractivity (Wildman–Crippen MR) is 158 cm³/mol. The number of rotatable bonds is 6. The summed E-state index contributed by atoms with van der Waals surface area (Å²) in [5, 5.41) is 0. The Morgan fingerprint density at radius 1 is 0.459 bits per heavy atom. The van der Waals surface area contributed by atoms with Crippen LogP contribution in [0, 0.1) is 0 Å². The molecule has 1 unspecified atom stereocenters. The predicted octanol–water partition coefficient (Wildman–Crippen LogP) is 9.57. The maximum atomic E-state index is 2.49. The molecule has 0 radical (unpaired) electrons. The normalized spacial score (nSPS) is 14.7. The monoisotopic (exact) mass is 475 g/mol. The van der Waals surface area contributed by atoms with Crippen LogP contribution in [0.25, 0.3) is 27.8 Å². The topological polar surface area (TPSA) is 3.24 Å². The third-order valence-corrected chi connectivity index (χ3v) is 6.95. The average molecular weight is 476 g/mol. The summed E-state index contributed by atoms with van der Waals surface area (Å²) in [6.07, 6.45) is 7.92. The van der Waals surface area contributed by atoms with Gasteiger partial charge in [-0.3, -0.25) is 0 Å². The zero-order chi connectivity index (χ0) is 24.9. The molecule has 1 nitrogen and oxygen atoms in total. The molecule has 1 aliphatic carbocycles. The molecule has 1 atom stereocenters. The van der Waals surface area contributed by atoms with E-state index < -0.39 is 0 Å². The second kappa shape index (κ2) is 10.6. The van der Waals surface area contributed by atoms with Gasteiger partial charge >= 0.3 is 0 Å². The van der Waals surface area contributed by atoms with Crippen molar-refractivity contribution in [3.05, 3.63) is 163 Å². The van der Waals surface area contributed by atoms with Gasteiger partial charge in [-0.15, -0.1) is 0 Å². The molecule has 0 saturated carbocycles. The van der Waals surface area contributed by atoms with Gasteiger partial charge in [0.2, 0.25) is 0 Å². The van der Waals surface area contributed by atoms with Gasteiger partial charge in [-0.2, -0.15) is 0 Å². The highest BCUT2D eigenvalue weighted by molar-refractivity contribution is 5.80. The standard InChI is InChI=1S/C36H29N/c1-4-13-28(14-5-1)31-19-10-22-34(25-31)37(35-23-11-20-32(26-35)29-15-6-2-7-16-29)36-24-12-21-33(27-36)30-17-8-3-9-18-30/h1-23,25-27,36H,24H2. The molecule has 5 aromatic rings. The van der Waals surface area contributed by atoms with Gasteiger partial charge < -0.3 is 4.90 Å². The quantitative estimate of drug-likeness (QED) is 0.236. The summed E-state index contributed by atoms with van der Waals surface area (Å²) < 4.78 is 0. The van der Waals surface area contributed by atoms with Crippen molar-refractivity contribution in [2.24, 2.45) is 0 Å². The average Bonchev–Trinajstić information content (AvgIpc) is 2.99. The second-order valence-electron chi connectivity index (χ2n) is 9.40. The molecule has 6 rings (SSSR count). The number of anilines is 2. The summed E-state index contributed by atoms with van der Waals surface area (Å²) >= 11 is 0. The van der Waals surface area contributed by atoms with Gasteiger partial charge in [-0.05, 0) is 64.1 Å². The van der Waals surface area contributed by atoms with Crippen LogP contribution < -0.4 is 4.90 Å². The molecule has 0 saturated heterocycles. The lowest BCUT2D eigenvalue weighted by atomic mass is 9.94. The largest absolute Gasteiger partial charge is 0.334 e. The van der Waals surface area contributed by atoms with Crippen LogP contribution in [0.15, 0.2) is 158 Å². The lowest BCUT2D eigenvalue weighted by molar-refractivity contribution is 0.788. The Balaban J connectivity index is 1.47. The zero-order valence-electron chi connectivity index (χ0n) is 20.7. The van der Waals surface area contributed by atoms with Gasteiger partial charge in [-0.25, -0.2) is 0 Å². The molecule has 0 fully saturated rings. The minimum Gasteiger partial charge on any atom is -0.334 e. The van der Waals surface area contributed by atoms with E-state index in [4.69, 9.17) is 0 Å². The molecule has 178 valence electrons. The van der Waals surface area contributed by atoms with Crippen molar-refractivity contribution in [1.82, 2.24) is 0 Å². The van der Waals surface area contributed by atoms with Crippen LogP contribution in [0.4, 0.5) is 11.4 Å². The Kier molecular flexibility index (Phi) is 6.51. The van der Waals surface area contributed by atoms with Gasteiger partial charge in [0.05, 0.1) is 6.04 Å². The van der Waals surface area contributed by atoms with Crippen molar-refractivity contribution in [2.75, 3.05) is 4.90 Å². The van der Waals surface area contributed by atoms with E-state index in [1.54, 1.807) is 0 Å². The van der Waals surface area contributed by atoms with E-state index in [1.165, 1.54) is 44.8 Å². The van der Waals surface area contributed by atoms with E-state index in [0.717, 1.165) is 6.42 Å². The van der Waals surface area contributed by atoms with Crippen LogP contribution >= 0.6 is 0 Å². The highest BCUT2D eigenvalue weighted by atomic mass is 15.2. The minimum absolute atomic E-state index is 0.192. The lowest BCUT2D eigenvalue weighted by Crippen LogP contribution is -2.30. The summed E-state index contributed by atoms with van der Waals surface area (Å²) in [6, 6.07) is 50.0. The first-order valence-corrected chi connectivity index (χ1v) is 12.9. The van der Waals surface area contributed by atoms with E-state index in [1.807, 2.05) is 0 Å². The lowest BCUT2D eigenvalue weighted by Gasteiger charge is -2.34. The Morgan fingerprint density at radius 2 is 0.919 bits per heavy atom. The molecule has 0 aromatic heterocycles. The zero-order valence-corrected chi connectivity index (χ0v) is 20.7. The molecule has 0 N–H and O–H groups in total. The van der Waals surface area contributed by atoms with Crippen molar-refractivity contribution in [1.29, 1.82) is 0 Å². The van der Waals surface area contributed by atoms with Crippen LogP contribution in [0.1, 0.15) is 12.0 Å². The van der Waals surface area contributed by atoms with E-state index in [9.17, 15) is 0 Å². The summed E-state index contributed by atoms with van der Waals surface area (Å²) in [4.78, 5) is 2.49. The fraction of sp³-hybridized carbons (Fsp3) is 0.0556. The van der Waals surface area contributed by atoms with Crippen LogP contribution in [-0.2, 0) is 0 Å². The highest BCUT2D eigenvalue weighted by Gasteiger charge is 2.22. The van der Waals surface area contributed by atoms with Gasteiger partial charge in [0.15, 0.2) is 0 Å². The summed E-state index contributed by atoms with van der Waals surface area (Å²) in [7, 11) is 0. The fourth-order valence-electron chi connectivity index (χ4n) is 5.13. The first-order chi connectivity index (χ1) is 18.3. The maximum absolute atomic E-state index is 2.49. The Morgan fingerprint density at radius 3 is 1.43 bits per heavy atom. The number of allylic oxidation sites excluding steroid dienone is 2. The Bertz CT molecular complexity index is 1450. The molecule has 0 bridgehead atoms. The molecular weight excluding hydrogens is 446 g/mol. The van der Waals surface area contributed by atoms with Crippen molar-refractivity contribution in [3.8, 4) is 22.3 Å². The molecular formula is C36H29N. The van der Waals surface area contributed by atoms with Gasteiger partial charge in [-0.1, -0.05) is 133 Å². The molecule has 0 heterocycles. The summed E-state index contributed by atoms with van der Waals surface area (Å²) in [5.74, 6) is 0. The summed E-state index contributed by atoms with van der Waals surface area (Å²) in [5.41, 5.74) is 9.80. The van der Waals surface area contributed by atoms with Crippen molar-refractivity contribution in [2.45, 2.75) is 12.5 Å². The Hall–Kier alpha value is -4.62. The smallest absolute Gasteiger partial charge is 0.0565 e. The first-order valence-electron chi connectivity index (χ1n) is 12.9. The minimum atomic E-state index is 0.192. The Labute approximate surface area is 219 Å². The van der Waals surface area contributed by atoms with Crippen LogP contribution in [0.5, 0.6) is 0 Å². The van der Waals surface area contributed by atoms with Crippen molar-refractivity contribution >= 4 is 16.9 Å². The third-order valence-electron chi connectivity index (χ3n) is 6.95. The van der Waals surface area contributed by atoms with Crippen molar-refractivity contribution in [3.63, 3.8) is 0 Å². The molecule has 5 aromatic carbocycles. The first kappa shape index (κ1) is 22.8. The van der Waals surface area contributed by atoms with E-state index in [2.05, 4.69) is 163 Å². The number of hydrogen-bond acceptors (Lipinski definition) is 1. The van der Waals surface area contributed by atoms with Crippen molar-refractivity contribution < 1.29 is 0 Å². The number of nitrogens with zero attached hydrogens (tertiary/aromatic N) is 1. The number of hydrogen-bond donors (Lipinski definition) is 0. The molecule has 0 aliphatic heterocycles. The van der Waals surface area contributed by atoms with E-state index in [0.29, 0.717) is 0 Å². The molecule has 0 spiro atoms. The van der Waals surface area contributed by atoms with Crippen LogP contribution in [0.2, 0.25) is 0 Å². The van der Waals surface area contributed by atoms with Gasteiger partial charge in [0.1, 0.15) is 0 Å². The third kappa shape index (κ3) is 5.03. The second-order valence-corrected chi connectivity index (χ2v) is 9.40. The number of benzene rings is 5.